The average molecular weight is 211 g/mol. The first-order valence-corrected chi connectivity index (χ1v) is 5.22. The summed E-state index contributed by atoms with van der Waals surface area (Å²) in [7, 11) is 0. The van der Waals surface area contributed by atoms with Gasteiger partial charge in [0.15, 0.2) is 0 Å². The van der Waals surface area contributed by atoms with Crippen molar-refractivity contribution in [3.8, 4) is 0 Å². The van der Waals surface area contributed by atoms with Crippen LogP contribution in [0.15, 0.2) is 30.3 Å². The van der Waals surface area contributed by atoms with Crippen LogP contribution in [0.1, 0.15) is 24.8 Å². The second-order valence-electron chi connectivity index (χ2n) is 4.41. The summed E-state index contributed by atoms with van der Waals surface area (Å²) >= 11 is 0. The minimum absolute atomic E-state index is 0.0648. The van der Waals surface area contributed by atoms with Crippen LogP contribution in [0.25, 0.3) is 0 Å². The van der Waals surface area contributed by atoms with Gasteiger partial charge < -0.3 is 5.73 Å². The van der Waals surface area contributed by atoms with Gasteiger partial charge in [0.2, 0.25) is 6.43 Å². The van der Waals surface area contributed by atoms with E-state index in [-0.39, 0.29) is 17.9 Å². The van der Waals surface area contributed by atoms with E-state index in [4.69, 9.17) is 5.73 Å². The van der Waals surface area contributed by atoms with Crippen LogP contribution in [-0.2, 0) is 5.41 Å². The van der Waals surface area contributed by atoms with Gasteiger partial charge in [0.25, 0.3) is 0 Å². The van der Waals surface area contributed by atoms with Gasteiger partial charge in [-0.2, -0.15) is 0 Å². The molecule has 0 saturated heterocycles. The standard InChI is InChI=1S/C12H15F2N/c13-11(14)8-12(6-10(15)7-12)9-4-2-1-3-5-9/h1-5,10-11H,6-8,15H2. The minimum atomic E-state index is -2.25. The summed E-state index contributed by atoms with van der Waals surface area (Å²) < 4.78 is 25.0. The summed E-state index contributed by atoms with van der Waals surface area (Å²) in [6.45, 7) is 0. The highest BCUT2D eigenvalue weighted by atomic mass is 19.3. The van der Waals surface area contributed by atoms with Crippen LogP contribution >= 0.6 is 0 Å². The fourth-order valence-corrected chi connectivity index (χ4v) is 2.55. The summed E-state index contributed by atoms with van der Waals surface area (Å²) in [5.74, 6) is 0. The highest BCUT2D eigenvalue weighted by Crippen LogP contribution is 2.47. The molecule has 0 atom stereocenters. The predicted molar refractivity (Wildman–Crippen MR) is 56.0 cm³/mol. The van der Waals surface area contributed by atoms with Crippen molar-refractivity contribution in [2.45, 2.75) is 37.1 Å². The van der Waals surface area contributed by atoms with E-state index >= 15 is 0 Å². The van der Waals surface area contributed by atoms with E-state index in [1.807, 2.05) is 30.3 Å². The topological polar surface area (TPSA) is 26.0 Å². The van der Waals surface area contributed by atoms with Crippen LogP contribution in [0.4, 0.5) is 8.78 Å². The van der Waals surface area contributed by atoms with Crippen LogP contribution < -0.4 is 5.73 Å². The van der Waals surface area contributed by atoms with Gasteiger partial charge in [-0.05, 0) is 18.4 Å². The molecule has 0 bridgehead atoms. The van der Waals surface area contributed by atoms with E-state index in [1.54, 1.807) is 0 Å². The number of rotatable bonds is 3. The van der Waals surface area contributed by atoms with E-state index in [1.165, 1.54) is 0 Å². The Morgan fingerprint density at radius 2 is 1.87 bits per heavy atom. The fraction of sp³-hybridized carbons (Fsp3) is 0.500. The van der Waals surface area contributed by atoms with Gasteiger partial charge in [-0.3, -0.25) is 0 Å². The lowest BCUT2D eigenvalue weighted by atomic mass is 9.60. The van der Waals surface area contributed by atoms with Crippen LogP contribution in [-0.4, -0.2) is 12.5 Å². The molecule has 1 aliphatic rings. The zero-order chi connectivity index (χ0) is 10.9. The molecule has 15 heavy (non-hydrogen) atoms. The van der Waals surface area contributed by atoms with Crippen LogP contribution in [0.5, 0.6) is 0 Å². The minimum Gasteiger partial charge on any atom is -0.328 e. The molecule has 1 nitrogen and oxygen atoms in total. The molecule has 3 heteroatoms. The summed E-state index contributed by atoms with van der Waals surface area (Å²) in [5.41, 5.74) is 6.36. The Hall–Kier alpha value is -0.960. The molecule has 0 aromatic heterocycles. The quantitative estimate of drug-likeness (QED) is 0.817. The van der Waals surface area contributed by atoms with Gasteiger partial charge in [0.05, 0.1) is 0 Å². The van der Waals surface area contributed by atoms with Crippen molar-refractivity contribution >= 4 is 0 Å². The number of benzene rings is 1. The third-order valence-electron chi connectivity index (χ3n) is 3.24. The molecule has 0 heterocycles. The van der Waals surface area contributed by atoms with Crippen molar-refractivity contribution in [3.63, 3.8) is 0 Å². The lowest BCUT2D eigenvalue weighted by molar-refractivity contribution is 0.0620. The number of halogens is 2. The normalized spacial score (nSPS) is 30.3. The first-order valence-electron chi connectivity index (χ1n) is 5.22. The first-order chi connectivity index (χ1) is 7.12. The second kappa shape index (κ2) is 3.89. The molecule has 0 unspecified atom stereocenters. The maximum Gasteiger partial charge on any atom is 0.239 e. The number of alkyl halides is 2. The Kier molecular flexibility index (Phi) is 2.74. The predicted octanol–water partition coefficient (Wildman–Crippen LogP) is 2.70. The number of hydrogen-bond acceptors (Lipinski definition) is 1. The van der Waals surface area contributed by atoms with E-state index in [0.29, 0.717) is 12.8 Å². The van der Waals surface area contributed by atoms with E-state index in [0.717, 1.165) is 5.56 Å². The zero-order valence-electron chi connectivity index (χ0n) is 8.50. The van der Waals surface area contributed by atoms with E-state index in [2.05, 4.69) is 0 Å². The molecule has 0 amide bonds. The Labute approximate surface area is 88.3 Å². The molecule has 0 radical (unpaired) electrons. The molecular formula is C12H15F2N. The smallest absolute Gasteiger partial charge is 0.239 e. The first kappa shape index (κ1) is 10.6. The molecule has 1 saturated carbocycles. The van der Waals surface area contributed by atoms with Crippen molar-refractivity contribution in [1.29, 1.82) is 0 Å². The summed E-state index contributed by atoms with van der Waals surface area (Å²) in [6.07, 6.45) is -0.953. The highest BCUT2D eigenvalue weighted by molar-refractivity contribution is 5.29. The molecule has 2 rings (SSSR count). The number of nitrogens with two attached hydrogens (primary N) is 1. The number of hydrogen-bond donors (Lipinski definition) is 1. The van der Waals surface area contributed by atoms with Gasteiger partial charge in [0.1, 0.15) is 0 Å². The van der Waals surface area contributed by atoms with Gasteiger partial charge in [-0.1, -0.05) is 30.3 Å². The lowest BCUT2D eigenvalue weighted by Gasteiger charge is -2.46. The van der Waals surface area contributed by atoms with Gasteiger partial charge in [0, 0.05) is 17.9 Å². The molecule has 1 aromatic carbocycles. The van der Waals surface area contributed by atoms with E-state index in [9.17, 15) is 8.78 Å². The van der Waals surface area contributed by atoms with Crippen molar-refractivity contribution in [1.82, 2.24) is 0 Å². The van der Waals surface area contributed by atoms with Crippen molar-refractivity contribution in [2.75, 3.05) is 0 Å². The van der Waals surface area contributed by atoms with E-state index < -0.39 is 6.43 Å². The second-order valence-corrected chi connectivity index (χ2v) is 4.41. The molecule has 2 N–H and O–H groups in total. The zero-order valence-corrected chi connectivity index (χ0v) is 8.50. The largest absolute Gasteiger partial charge is 0.328 e. The van der Waals surface area contributed by atoms with Gasteiger partial charge >= 0.3 is 0 Å². The molecule has 0 aliphatic heterocycles. The van der Waals surface area contributed by atoms with Crippen LogP contribution in [0.2, 0.25) is 0 Å². The van der Waals surface area contributed by atoms with Crippen molar-refractivity contribution in [2.24, 2.45) is 5.73 Å². The summed E-state index contributed by atoms with van der Waals surface area (Å²) in [4.78, 5) is 0. The van der Waals surface area contributed by atoms with Crippen LogP contribution in [0, 0.1) is 0 Å². The Balaban J connectivity index is 2.21. The Morgan fingerprint density at radius 3 is 2.33 bits per heavy atom. The molecule has 1 aliphatic carbocycles. The summed E-state index contributed by atoms with van der Waals surface area (Å²) in [5, 5.41) is 0. The van der Waals surface area contributed by atoms with Crippen molar-refractivity contribution in [3.05, 3.63) is 35.9 Å². The highest BCUT2D eigenvalue weighted by Gasteiger charge is 2.45. The Bertz CT molecular complexity index is 318. The monoisotopic (exact) mass is 211 g/mol. The third kappa shape index (κ3) is 2.02. The SMILES string of the molecule is NC1CC(CC(F)F)(c2ccccc2)C1. The van der Waals surface area contributed by atoms with Gasteiger partial charge in [-0.25, -0.2) is 8.78 Å². The maximum atomic E-state index is 12.5. The van der Waals surface area contributed by atoms with Crippen LogP contribution in [0.3, 0.4) is 0 Å². The maximum absolute atomic E-state index is 12.5. The molecule has 1 aromatic rings. The summed E-state index contributed by atoms with van der Waals surface area (Å²) in [6, 6.07) is 9.63. The van der Waals surface area contributed by atoms with Gasteiger partial charge in [-0.15, -0.1) is 0 Å². The molecular weight excluding hydrogens is 196 g/mol. The fourth-order valence-electron chi connectivity index (χ4n) is 2.55. The Morgan fingerprint density at radius 1 is 1.27 bits per heavy atom. The molecule has 82 valence electrons. The molecule has 1 fully saturated rings. The third-order valence-corrected chi connectivity index (χ3v) is 3.24. The van der Waals surface area contributed by atoms with Crippen molar-refractivity contribution < 1.29 is 8.78 Å². The lowest BCUT2D eigenvalue weighted by Crippen LogP contribution is -2.50. The average Bonchev–Trinajstić information content (AvgIpc) is 2.15. The molecule has 0 spiro atoms.